The van der Waals surface area contributed by atoms with Gasteiger partial charge in [-0.05, 0) is 55.2 Å². The lowest BCUT2D eigenvalue weighted by atomic mass is 9.96. The molecule has 0 aliphatic carbocycles. The Morgan fingerprint density at radius 3 is 1.77 bits per heavy atom. The van der Waals surface area contributed by atoms with Crippen molar-refractivity contribution in [2.45, 2.75) is 24.9 Å². The van der Waals surface area contributed by atoms with Gasteiger partial charge in [-0.1, -0.05) is 67.3 Å². The highest BCUT2D eigenvalue weighted by Crippen LogP contribution is 2.62. The minimum atomic E-state index is -2.25. The second kappa shape index (κ2) is 13.4. The number of likely N-dealkylation sites (tertiary alicyclic amines) is 2. The van der Waals surface area contributed by atoms with Gasteiger partial charge in [-0.25, -0.2) is 4.79 Å². The van der Waals surface area contributed by atoms with Gasteiger partial charge in [-0.15, -0.1) is 0 Å². The molecule has 0 aromatic heterocycles. The first-order valence-corrected chi connectivity index (χ1v) is 15.4. The molecule has 204 valence electrons. The molecule has 1 atom stereocenters. The summed E-state index contributed by atoms with van der Waals surface area (Å²) in [5.74, 6) is 0.654. The SMILES string of the molecule is C=CCOC(=O)N1CCC(CN2CC[C@@H]([P+](c3ccccc3)(c3ccccc3)c3ccccc3)C2=O)CC1.[Br-]. The van der Waals surface area contributed by atoms with Crippen LogP contribution in [0.4, 0.5) is 4.79 Å². The molecule has 5 nitrogen and oxygen atoms in total. The zero-order chi connectivity index (χ0) is 26.4. The highest BCUT2D eigenvalue weighted by Gasteiger charge is 2.58. The fourth-order valence-corrected chi connectivity index (χ4v) is 11.0. The number of nitrogens with zero attached hydrogens (tertiary/aromatic N) is 2. The number of carbonyl (C=O) groups excluding carboxylic acids is 2. The first-order chi connectivity index (χ1) is 18.6. The molecule has 2 aliphatic heterocycles. The monoisotopic (exact) mass is 606 g/mol. The summed E-state index contributed by atoms with van der Waals surface area (Å²) in [7, 11) is -2.25. The average molecular weight is 608 g/mol. The predicted octanol–water partition coefficient (Wildman–Crippen LogP) is 1.62. The Hall–Kier alpha value is -2.95. The Morgan fingerprint density at radius 1 is 0.821 bits per heavy atom. The zero-order valence-corrected chi connectivity index (χ0v) is 24.7. The molecule has 2 aliphatic rings. The molecule has 3 aromatic carbocycles. The number of halogens is 1. The third-order valence-corrected chi connectivity index (χ3v) is 12.7. The van der Waals surface area contributed by atoms with Crippen LogP contribution in [0.25, 0.3) is 0 Å². The molecule has 0 N–H and O–H groups in total. The van der Waals surface area contributed by atoms with E-state index in [0.717, 1.165) is 32.4 Å². The van der Waals surface area contributed by atoms with Gasteiger partial charge in [-0.2, -0.15) is 0 Å². The van der Waals surface area contributed by atoms with Crippen molar-refractivity contribution in [3.63, 3.8) is 0 Å². The van der Waals surface area contributed by atoms with Crippen LogP contribution in [-0.4, -0.2) is 60.2 Å². The fraction of sp³-hybridized carbons (Fsp3) is 0.312. The van der Waals surface area contributed by atoms with E-state index in [1.807, 2.05) is 0 Å². The highest BCUT2D eigenvalue weighted by atomic mass is 79.9. The van der Waals surface area contributed by atoms with Gasteiger partial charge in [0.15, 0.2) is 5.66 Å². The van der Waals surface area contributed by atoms with E-state index in [1.54, 1.807) is 11.0 Å². The largest absolute Gasteiger partial charge is 1.00 e. The van der Waals surface area contributed by atoms with E-state index in [-0.39, 0.29) is 41.2 Å². The van der Waals surface area contributed by atoms with Crippen LogP contribution < -0.4 is 32.9 Å². The molecule has 2 amide bonds. The van der Waals surface area contributed by atoms with E-state index in [9.17, 15) is 9.59 Å². The van der Waals surface area contributed by atoms with Gasteiger partial charge in [0, 0.05) is 32.6 Å². The molecular weight excluding hydrogens is 571 g/mol. The van der Waals surface area contributed by atoms with E-state index >= 15 is 0 Å². The van der Waals surface area contributed by atoms with Gasteiger partial charge >= 0.3 is 6.09 Å². The first kappa shape index (κ1) is 29.0. The zero-order valence-electron chi connectivity index (χ0n) is 22.2. The predicted molar refractivity (Wildman–Crippen MR) is 156 cm³/mol. The van der Waals surface area contributed by atoms with Crippen LogP contribution in [0.3, 0.4) is 0 Å². The Balaban J connectivity index is 0.00000353. The smallest absolute Gasteiger partial charge is 0.410 e. The molecule has 2 fully saturated rings. The molecular formula is C32H36BrN2O3P. The molecule has 0 spiro atoms. The molecule has 0 radical (unpaired) electrons. The number of hydrogen-bond donors (Lipinski definition) is 0. The van der Waals surface area contributed by atoms with Crippen LogP contribution in [0, 0.1) is 5.92 Å². The van der Waals surface area contributed by atoms with Crippen LogP contribution in [0.15, 0.2) is 104 Å². The van der Waals surface area contributed by atoms with Crippen LogP contribution in [0.2, 0.25) is 0 Å². The Bertz CT molecular complexity index is 1140. The summed E-state index contributed by atoms with van der Waals surface area (Å²) >= 11 is 0. The maximum Gasteiger partial charge on any atom is 0.410 e. The number of benzene rings is 3. The number of amides is 2. The van der Waals surface area contributed by atoms with Crippen LogP contribution in [0.5, 0.6) is 0 Å². The van der Waals surface area contributed by atoms with Crippen molar-refractivity contribution in [3.8, 4) is 0 Å². The van der Waals surface area contributed by atoms with Crippen molar-refractivity contribution in [2.75, 3.05) is 32.8 Å². The van der Waals surface area contributed by atoms with Crippen molar-refractivity contribution in [1.29, 1.82) is 0 Å². The lowest BCUT2D eigenvalue weighted by Gasteiger charge is -2.34. The lowest BCUT2D eigenvalue weighted by Crippen LogP contribution is -3.00. The van der Waals surface area contributed by atoms with Crippen molar-refractivity contribution in [1.82, 2.24) is 9.80 Å². The minimum absolute atomic E-state index is 0. The van der Waals surface area contributed by atoms with E-state index in [0.29, 0.717) is 19.0 Å². The molecule has 7 heteroatoms. The van der Waals surface area contributed by atoms with Crippen LogP contribution in [0.1, 0.15) is 19.3 Å². The van der Waals surface area contributed by atoms with Crippen LogP contribution in [-0.2, 0) is 9.53 Å². The van der Waals surface area contributed by atoms with E-state index in [2.05, 4.69) is 102 Å². The second-order valence-corrected chi connectivity index (χ2v) is 13.7. The summed E-state index contributed by atoms with van der Waals surface area (Å²) in [6.45, 7) is 6.70. The Morgan fingerprint density at radius 2 is 1.31 bits per heavy atom. The molecule has 39 heavy (non-hydrogen) atoms. The summed E-state index contributed by atoms with van der Waals surface area (Å²) in [6, 6.07) is 32.0. The van der Waals surface area contributed by atoms with Crippen molar-refractivity contribution in [3.05, 3.63) is 104 Å². The molecule has 3 aromatic rings. The lowest BCUT2D eigenvalue weighted by molar-refractivity contribution is -0.128. The van der Waals surface area contributed by atoms with Gasteiger partial charge in [-0.3, -0.25) is 4.79 Å². The number of piperidine rings is 1. The summed E-state index contributed by atoms with van der Waals surface area (Å²) in [6.07, 6.45) is 3.92. The van der Waals surface area contributed by atoms with Crippen LogP contribution >= 0.6 is 7.26 Å². The third-order valence-electron chi connectivity index (χ3n) is 7.90. The summed E-state index contributed by atoms with van der Waals surface area (Å²) in [4.78, 5) is 30.4. The standard InChI is InChI=1S/C32H36N2O3P.BrH/c1-2-24-37-32(36)33-21-18-26(19-22-33)25-34-23-20-30(31(34)35)38(27-12-6-3-7-13-27,28-14-8-4-9-15-28)29-16-10-5-11-17-29;/h2-17,26,30H,1,18-25H2;1H/q+1;/p-1/t30-;/m1./s1. The molecule has 0 saturated carbocycles. The summed E-state index contributed by atoms with van der Waals surface area (Å²) in [5.41, 5.74) is -0.0938. The Labute approximate surface area is 243 Å². The summed E-state index contributed by atoms with van der Waals surface area (Å²) in [5, 5.41) is 3.76. The second-order valence-electron chi connectivity index (χ2n) is 10.1. The highest BCUT2D eigenvalue weighted by molar-refractivity contribution is 7.96. The van der Waals surface area contributed by atoms with Gasteiger partial charge in [0.05, 0.1) is 0 Å². The number of ether oxygens (including phenoxy) is 1. The van der Waals surface area contributed by atoms with E-state index in [1.165, 1.54) is 15.9 Å². The minimum Gasteiger partial charge on any atom is -1.00 e. The van der Waals surface area contributed by atoms with Gasteiger partial charge < -0.3 is 31.5 Å². The molecule has 5 rings (SSSR count). The van der Waals surface area contributed by atoms with Gasteiger partial charge in [0.25, 0.3) is 5.91 Å². The first-order valence-electron chi connectivity index (χ1n) is 13.5. The Kier molecular flexibility index (Phi) is 9.99. The number of carbonyl (C=O) groups is 2. The quantitative estimate of drug-likeness (QED) is 0.289. The topological polar surface area (TPSA) is 49.9 Å². The molecule has 2 heterocycles. The molecule has 2 saturated heterocycles. The number of hydrogen-bond acceptors (Lipinski definition) is 3. The molecule has 0 bridgehead atoms. The van der Waals surface area contributed by atoms with E-state index in [4.69, 9.17) is 4.74 Å². The maximum atomic E-state index is 14.3. The third kappa shape index (κ3) is 5.97. The van der Waals surface area contributed by atoms with Gasteiger partial charge in [0.1, 0.15) is 29.8 Å². The number of rotatable bonds is 8. The van der Waals surface area contributed by atoms with Crippen molar-refractivity contribution in [2.24, 2.45) is 5.92 Å². The average Bonchev–Trinajstić information content (AvgIpc) is 3.34. The van der Waals surface area contributed by atoms with Gasteiger partial charge in [0.2, 0.25) is 0 Å². The maximum absolute atomic E-state index is 14.3. The summed E-state index contributed by atoms with van der Waals surface area (Å²) < 4.78 is 5.20. The normalized spacial score (nSPS) is 17.9. The van der Waals surface area contributed by atoms with E-state index < -0.39 is 7.26 Å². The molecule has 0 unspecified atom stereocenters. The fourth-order valence-electron chi connectivity index (χ4n) is 6.07. The van der Waals surface area contributed by atoms with Crippen molar-refractivity contribution >= 4 is 35.2 Å². The van der Waals surface area contributed by atoms with Crippen molar-refractivity contribution < 1.29 is 31.3 Å².